The first kappa shape index (κ1) is 21.0. The zero-order chi connectivity index (χ0) is 20.4. The lowest BCUT2D eigenvalue weighted by molar-refractivity contribution is -0.187. The van der Waals surface area contributed by atoms with Crippen molar-refractivity contribution in [1.82, 2.24) is 20.2 Å². The van der Waals surface area contributed by atoms with Crippen LogP contribution < -0.4 is 5.32 Å². The van der Waals surface area contributed by atoms with Crippen molar-refractivity contribution in [3.63, 3.8) is 0 Å². The van der Waals surface area contributed by atoms with E-state index in [1.165, 1.54) is 19.3 Å². The van der Waals surface area contributed by atoms with E-state index < -0.39 is 17.7 Å². The van der Waals surface area contributed by atoms with Crippen molar-refractivity contribution < 1.29 is 22.7 Å². The van der Waals surface area contributed by atoms with Gasteiger partial charge in [-0.25, -0.2) is 4.98 Å². The lowest BCUT2D eigenvalue weighted by atomic mass is 9.78. The van der Waals surface area contributed by atoms with E-state index in [2.05, 4.69) is 15.3 Å². The number of carbonyl (C=O) groups excluding carboxylic acids is 1. The predicted octanol–water partition coefficient (Wildman–Crippen LogP) is 2.73. The highest BCUT2D eigenvalue weighted by atomic mass is 19.4. The molecule has 0 aromatic carbocycles. The number of alkyl halides is 3. The molecule has 0 radical (unpaired) electrons. The number of amides is 1. The second-order valence-corrected chi connectivity index (χ2v) is 7.91. The van der Waals surface area contributed by atoms with Crippen molar-refractivity contribution in [3.8, 4) is 0 Å². The van der Waals surface area contributed by atoms with Gasteiger partial charge in [0.2, 0.25) is 0 Å². The summed E-state index contributed by atoms with van der Waals surface area (Å²) in [5.74, 6) is -1.73. The van der Waals surface area contributed by atoms with Crippen LogP contribution in [0.4, 0.5) is 13.2 Å². The fraction of sp³-hybridized carbons (Fsp3) is 0.737. The average molecular weight is 400 g/mol. The molecule has 6 nitrogen and oxygen atoms in total. The maximum Gasteiger partial charge on any atom is 0.392 e. The molecule has 28 heavy (non-hydrogen) atoms. The third-order valence-electron chi connectivity index (χ3n) is 5.68. The second kappa shape index (κ2) is 8.32. The summed E-state index contributed by atoms with van der Waals surface area (Å²) in [6.07, 6.45) is 2.06. The Bertz CT molecular complexity index is 679. The summed E-state index contributed by atoms with van der Waals surface area (Å²) in [6, 6.07) is -0.263. The summed E-state index contributed by atoms with van der Waals surface area (Å²) in [7, 11) is 0. The van der Waals surface area contributed by atoms with Crippen LogP contribution in [0.5, 0.6) is 0 Å². The molecule has 1 aromatic rings. The van der Waals surface area contributed by atoms with E-state index in [1.807, 2.05) is 4.90 Å². The number of morpholine rings is 1. The number of aromatic nitrogens is 2. The molecule has 2 heterocycles. The van der Waals surface area contributed by atoms with Gasteiger partial charge in [0.05, 0.1) is 30.5 Å². The summed E-state index contributed by atoms with van der Waals surface area (Å²) < 4.78 is 45.0. The number of rotatable bonds is 4. The summed E-state index contributed by atoms with van der Waals surface area (Å²) in [5, 5.41) is 3.00. The molecule has 3 rings (SSSR count). The Balaban J connectivity index is 1.70. The van der Waals surface area contributed by atoms with Gasteiger partial charge in [-0.1, -0.05) is 19.8 Å². The fourth-order valence-corrected chi connectivity index (χ4v) is 4.05. The Hall–Kier alpha value is -1.74. The van der Waals surface area contributed by atoms with E-state index in [1.54, 1.807) is 6.92 Å². The minimum Gasteiger partial charge on any atom is -0.370 e. The van der Waals surface area contributed by atoms with E-state index in [4.69, 9.17) is 4.74 Å². The van der Waals surface area contributed by atoms with Gasteiger partial charge in [-0.15, -0.1) is 0 Å². The standard InChI is InChI=1S/C19H27F3N4O2/c1-13(19(20,21)22)11-26-7-8-28-18(12-26)6-4-3-5-16(18)25-17(27)15-10-23-14(2)9-24-15/h9-10,13,16H,3-8,11-12H2,1-2H3,(H,25,27)/t13-,16+,18-/m0/s1. The number of aryl methyl sites for hydroxylation is 1. The maximum atomic E-state index is 13.0. The predicted molar refractivity (Wildman–Crippen MR) is 96.8 cm³/mol. The van der Waals surface area contributed by atoms with Gasteiger partial charge in [-0.2, -0.15) is 13.2 Å². The Morgan fingerprint density at radius 2 is 2.18 bits per heavy atom. The molecule has 9 heteroatoms. The first-order valence-corrected chi connectivity index (χ1v) is 9.72. The molecule has 1 spiro atoms. The zero-order valence-corrected chi connectivity index (χ0v) is 16.3. The number of nitrogens with one attached hydrogen (secondary N) is 1. The largest absolute Gasteiger partial charge is 0.392 e. The third-order valence-corrected chi connectivity index (χ3v) is 5.68. The van der Waals surface area contributed by atoms with Crippen LogP contribution in [0.2, 0.25) is 0 Å². The number of halogens is 3. The van der Waals surface area contributed by atoms with Crippen molar-refractivity contribution in [2.24, 2.45) is 5.92 Å². The van der Waals surface area contributed by atoms with Gasteiger partial charge in [0.25, 0.3) is 5.91 Å². The summed E-state index contributed by atoms with van der Waals surface area (Å²) in [5.41, 5.74) is 0.288. The molecule has 1 aliphatic carbocycles. The van der Waals surface area contributed by atoms with E-state index in [9.17, 15) is 18.0 Å². The Morgan fingerprint density at radius 1 is 1.39 bits per heavy atom. The van der Waals surface area contributed by atoms with Crippen molar-refractivity contribution in [2.75, 3.05) is 26.2 Å². The first-order chi connectivity index (χ1) is 13.2. The van der Waals surface area contributed by atoms with Crippen LogP contribution in [-0.2, 0) is 4.74 Å². The van der Waals surface area contributed by atoms with Crippen molar-refractivity contribution in [2.45, 2.75) is 57.3 Å². The summed E-state index contributed by atoms with van der Waals surface area (Å²) in [6.45, 7) is 4.15. The van der Waals surface area contributed by atoms with Gasteiger partial charge in [0.15, 0.2) is 0 Å². The number of hydrogen-bond acceptors (Lipinski definition) is 5. The number of hydrogen-bond donors (Lipinski definition) is 1. The number of ether oxygens (including phenoxy) is 1. The van der Waals surface area contributed by atoms with Crippen LogP contribution in [0.1, 0.15) is 48.8 Å². The third kappa shape index (κ3) is 4.81. The summed E-state index contributed by atoms with van der Waals surface area (Å²) in [4.78, 5) is 22.6. The number of nitrogens with zero attached hydrogens (tertiary/aromatic N) is 3. The van der Waals surface area contributed by atoms with Gasteiger partial charge >= 0.3 is 6.18 Å². The molecule has 3 atom stereocenters. The van der Waals surface area contributed by atoms with E-state index in [0.717, 1.165) is 25.0 Å². The minimum absolute atomic E-state index is 0.0568. The highest BCUT2D eigenvalue weighted by Gasteiger charge is 2.47. The average Bonchev–Trinajstić information content (AvgIpc) is 2.64. The van der Waals surface area contributed by atoms with Crippen LogP contribution in [0.3, 0.4) is 0 Å². The highest BCUT2D eigenvalue weighted by molar-refractivity contribution is 5.92. The monoisotopic (exact) mass is 400 g/mol. The molecule has 0 bridgehead atoms. The molecule has 0 unspecified atom stereocenters. The van der Waals surface area contributed by atoms with Crippen LogP contribution in [0, 0.1) is 12.8 Å². The molecule has 2 aliphatic rings. The van der Waals surface area contributed by atoms with Crippen molar-refractivity contribution in [1.29, 1.82) is 0 Å². The van der Waals surface area contributed by atoms with Crippen molar-refractivity contribution >= 4 is 5.91 Å². The maximum absolute atomic E-state index is 13.0. The van der Waals surface area contributed by atoms with Gasteiger partial charge in [-0.3, -0.25) is 14.7 Å². The molecule has 1 aliphatic heterocycles. The highest BCUT2D eigenvalue weighted by Crippen LogP contribution is 2.36. The Morgan fingerprint density at radius 3 is 2.86 bits per heavy atom. The zero-order valence-electron chi connectivity index (χ0n) is 16.3. The van der Waals surface area contributed by atoms with Crippen LogP contribution in [0.25, 0.3) is 0 Å². The van der Waals surface area contributed by atoms with E-state index >= 15 is 0 Å². The van der Waals surface area contributed by atoms with Crippen LogP contribution in [-0.4, -0.2) is 64.8 Å². The SMILES string of the molecule is Cc1cnc(C(=O)N[C@@H]2CCCC[C@]23CN(C[C@H](C)C(F)(F)F)CCO3)cn1. The normalized spacial score (nSPS) is 27.5. The molecule has 1 aromatic heterocycles. The molecular formula is C19H27F3N4O2. The van der Waals surface area contributed by atoms with Gasteiger partial charge in [-0.05, 0) is 19.8 Å². The Kier molecular flexibility index (Phi) is 6.24. The van der Waals surface area contributed by atoms with E-state index in [0.29, 0.717) is 26.1 Å². The van der Waals surface area contributed by atoms with Crippen molar-refractivity contribution in [3.05, 3.63) is 23.8 Å². The van der Waals surface area contributed by atoms with Gasteiger partial charge in [0, 0.05) is 25.8 Å². The van der Waals surface area contributed by atoms with Gasteiger partial charge < -0.3 is 10.1 Å². The minimum atomic E-state index is -4.21. The molecule has 1 saturated carbocycles. The summed E-state index contributed by atoms with van der Waals surface area (Å²) >= 11 is 0. The molecule has 1 amide bonds. The van der Waals surface area contributed by atoms with Gasteiger partial charge in [0.1, 0.15) is 11.3 Å². The smallest absolute Gasteiger partial charge is 0.370 e. The number of carbonyl (C=O) groups is 1. The molecular weight excluding hydrogens is 373 g/mol. The Labute approximate surface area is 162 Å². The molecule has 2 fully saturated rings. The lowest BCUT2D eigenvalue weighted by Crippen LogP contribution is -2.64. The van der Waals surface area contributed by atoms with Crippen LogP contribution >= 0.6 is 0 Å². The molecule has 156 valence electrons. The lowest BCUT2D eigenvalue weighted by Gasteiger charge is -2.50. The topological polar surface area (TPSA) is 67.4 Å². The molecule has 1 N–H and O–H groups in total. The fourth-order valence-electron chi connectivity index (χ4n) is 4.05. The quantitative estimate of drug-likeness (QED) is 0.842. The second-order valence-electron chi connectivity index (χ2n) is 7.91. The first-order valence-electron chi connectivity index (χ1n) is 9.72. The van der Waals surface area contributed by atoms with Crippen LogP contribution in [0.15, 0.2) is 12.4 Å². The van der Waals surface area contributed by atoms with E-state index in [-0.39, 0.29) is 24.2 Å². The molecule has 1 saturated heterocycles.